The van der Waals surface area contributed by atoms with E-state index in [0.717, 1.165) is 48.0 Å². The summed E-state index contributed by atoms with van der Waals surface area (Å²) >= 11 is 0. The quantitative estimate of drug-likeness (QED) is 0.510. The van der Waals surface area contributed by atoms with Crippen LogP contribution in [-0.4, -0.2) is 68.5 Å². The molecule has 32 heavy (non-hydrogen) atoms. The molecule has 3 heterocycles. The molecular formula is C22H29N7O3. The molecule has 0 aromatic carbocycles. The highest BCUT2D eigenvalue weighted by molar-refractivity contribution is 5.90. The maximum absolute atomic E-state index is 11.8. The third kappa shape index (κ3) is 4.56. The predicted octanol–water partition coefficient (Wildman–Crippen LogP) is 2.01. The van der Waals surface area contributed by atoms with Crippen LogP contribution in [0.5, 0.6) is 0 Å². The van der Waals surface area contributed by atoms with Gasteiger partial charge in [-0.25, -0.2) is 19.5 Å². The molecular weight excluding hydrogens is 410 g/mol. The lowest BCUT2D eigenvalue weighted by atomic mass is 9.85. The van der Waals surface area contributed by atoms with Gasteiger partial charge in [-0.2, -0.15) is 0 Å². The Morgan fingerprint density at radius 1 is 1.22 bits per heavy atom. The van der Waals surface area contributed by atoms with Gasteiger partial charge in [0.1, 0.15) is 0 Å². The second-order valence-electron chi connectivity index (χ2n) is 8.24. The van der Waals surface area contributed by atoms with E-state index in [-0.39, 0.29) is 29.8 Å². The molecule has 4 rings (SSSR count). The van der Waals surface area contributed by atoms with Crippen molar-refractivity contribution in [2.45, 2.75) is 50.7 Å². The molecule has 1 amide bonds. The molecule has 0 radical (unpaired) electrons. The molecule has 1 atom stereocenters. The third-order valence-corrected chi connectivity index (χ3v) is 5.84. The monoisotopic (exact) mass is 439 g/mol. The van der Waals surface area contributed by atoms with E-state index in [1.807, 2.05) is 11.4 Å². The van der Waals surface area contributed by atoms with Gasteiger partial charge in [0.15, 0.2) is 0 Å². The Kier molecular flexibility index (Phi) is 6.61. The van der Waals surface area contributed by atoms with Gasteiger partial charge in [0, 0.05) is 55.3 Å². The molecule has 0 unspecified atom stereocenters. The lowest BCUT2D eigenvalue weighted by Gasteiger charge is -2.25. The molecule has 3 aromatic heterocycles. The van der Waals surface area contributed by atoms with Crippen molar-refractivity contribution in [3.63, 3.8) is 0 Å². The summed E-state index contributed by atoms with van der Waals surface area (Å²) < 4.78 is 7.13. The molecule has 0 bridgehead atoms. The standard InChI is InChI=1S/C22H29N7O3/c1-13(12-32-3)27-22-26-11-19-17(15-9-24-20(25-10-15)21(31)23-2)8-18(29(19)28-22)14-4-6-16(30)7-5-14/h8-11,13-14,16,30H,4-7,12H2,1-3H3,(H,23,31)(H,27,28)/t13-,14-,16-/m0/s1. The van der Waals surface area contributed by atoms with Crippen molar-refractivity contribution < 1.29 is 14.6 Å². The minimum Gasteiger partial charge on any atom is -0.393 e. The average Bonchev–Trinajstić information content (AvgIpc) is 3.18. The zero-order valence-electron chi connectivity index (χ0n) is 18.6. The van der Waals surface area contributed by atoms with Crippen molar-refractivity contribution in [1.29, 1.82) is 0 Å². The first kappa shape index (κ1) is 22.1. The normalized spacial score (nSPS) is 19.6. The minimum absolute atomic E-state index is 0.0615. The number of methoxy groups -OCH3 is 1. The zero-order chi connectivity index (χ0) is 22.7. The van der Waals surface area contributed by atoms with Crippen molar-refractivity contribution in [3.05, 3.63) is 36.2 Å². The van der Waals surface area contributed by atoms with E-state index in [9.17, 15) is 9.90 Å². The van der Waals surface area contributed by atoms with Crippen molar-refractivity contribution in [3.8, 4) is 11.1 Å². The number of aliphatic hydroxyl groups excluding tert-OH is 1. The van der Waals surface area contributed by atoms with Gasteiger partial charge in [-0.15, -0.1) is 5.10 Å². The highest BCUT2D eigenvalue weighted by Gasteiger charge is 2.26. The summed E-state index contributed by atoms with van der Waals surface area (Å²) in [6, 6.07) is 2.17. The second kappa shape index (κ2) is 9.58. The molecule has 10 nitrogen and oxygen atoms in total. The third-order valence-electron chi connectivity index (χ3n) is 5.84. The molecule has 10 heteroatoms. The molecule has 1 aliphatic rings. The summed E-state index contributed by atoms with van der Waals surface area (Å²) in [4.78, 5) is 24.7. The molecule has 3 aromatic rings. The average molecular weight is 440 g/mol. The Labute approximate surface area is 186 Å². The number of fused-ring (bicyclic) bond motifs is 1. The second-order valence-corrected chi connectivity index (χ2v) is 8.24. The lowest BCUT2D eigenvalue weighted by molar-refractivity contribution is 0.0952. The SMILES string of the molecule is CNC(=O)c1ncc(-c2cc([C@H]3CC[C@H](O)CC3)n3nc(N[C@@H](C)COC)ncc23)cn1. The van der Waals surface area contributed by atoms with E-state index in [1.165, 1.54) is 0 Å². The van der Waals surface area contributed by atoms with Crippen molar-refractivity contribution >= 4 is 17.4 Å². The molecule has 3 N–H and O–H groups in total. The number of nitrogens with one attached hydrogen (secondary N) is 2. The van der Waals surface area contributed by atoms with Crippen LogP contribution in [0.25, 0.3) is 16.6 Å². The van der Waals surface area contributed by atoms with E-state index >= 15 is 0 Å². The Morgan fingerprint density at radius 2 is 1.94 bits per heavy atom. The van der Waals surface area contributed by atoms with E-state index < -0.39 is 0 Å². The van der Waals surface area contributed by atoms with E-state index in [1.54, 1.807) is 32.7 Å². The van der Waals surface area contributed by atoms with E-state index in [0.29, 0.717) is 12.6 Å². The summed E-state index contributed by atoms with van der Waals surface area (Å²) in [7, 11) is 3.21. The van der Waals surface area contributed by atoms with Crippen LogP contribution in [0.1, 0.15) is 54.8 Å². The van der Waals surface area contributed by atoms with Crippen LogP contribution >= 0.6 is 0 Å². The fraction of sp³-hybridized carbons (Fsp3) is 0.500. The first-order valence-electron chi connectivity index (χ1n) is 10.9. The van der Waals surface area contributed by atoms with Crippen LogP contribution in [0.15, 0.2) is 24.7 Å². The van der Waals surface area contributed by atoms with Crippen LogP contribution < -0.4 is 10.6 Å². The number of anilines is 1. The Balaban J connectivity index is 1.75. The molecule has 170 valence electrons. The van der Waals surface area contributed by atoms with Gasteiger partial charge in [-0.3, -0.25) is 4.79 Å². The van der Waals surface area contributed by atoms with E-state index in [4.69, 9.17) is 9.84 Å². The molecule has 1 aliphatic carbocycles. The van der Waals surface area contributed by atoms with Crippen LogP contribution in [0, 0.1) is 0 Å². The number of ether oxygens (including phenoxy) is 1. The smallest absolute Gasteiger partial charge is 0.288 e. The first-order valence-corrected chi connectivity index (χ1v) is 10.9. The number of amides is 1. The van der Waals surface area contributed by atoms with Gasteiger partial charge < -0.3 is 20.5 Å². The summed E-state index contributed by atoms with van der Waals surface area (Å²) in [5, 5.41) is 20.5. The van der Waals surface area contributed by atoms with Crippen LogP contribution in [0.4, 0.5) is 5.95 Å². The Morgan fingerprint density at radius 3 is 2.59 bits per heavy atom. The molecule has 0 saturated heterocycles. The number of nitrogens with zero attached hydrogens (tertiary/aromatic N) is 5. The van der Waals surface area contributed by atoms with Gasteiger partial charge in [-0.1, -0.05) is 0 Å². The number of hydrogen-bond donors (Lipinski definition) is 3. The van der Waals surface area contributed by atoms with Crippen molar-refractivity contribution in [2.75, 3.05) is 26.1 Å². The molecule has 0 spiro atoms. The number of aromatic nitrogens is 5. The fourth-order valence-electron chi connectivity index (χ4n) is 4.18. The highest BCUT2D eigenvalue weighted by Crippen LogP contribution is 2.37. The van der Waals surface area contributed by atoms with Gasteiger partial charge in [0.05, 0.1) is 24.4 Å². The van der Waals surface area contributed by atoms with Crippen LogP contribution in [-0.2, 0) is 4.74 Å². The maximum Gasteiger partial charge on any atom is 0.288 e. The van der Waals surface area contributed by atoms with Gasteiger partial charge in [0.2, 0.25) is 11.8 Å². The minimum atomic E-state index is -0.330. The van der Waals surface area contributed by atoms with Crippen molar-refractivity contribution in [2.24, 2.45) is 0 Å². The zero-order valence-corrected chi connectivity index (χ0v) is 18.6. The van der Waals surface area contributed by atoms with Gasteiger partial charge in [0.25, 0.3) is 5.91 Å². The maximum atomic E-state index is 11.8. The summed E-state index contributed by atoms with van der Waals surface area (Å²) in [5.74, 6) is 0.595. The molecule has 1 fully saturated rings. The van der Waals surface area contributed by atoms with Gasteiger partial charge in [-0.05, 0) is 38.7 Å². The van der Waals surface area contributed by atoms with E-state index in [2.05, 4.69) is 31.7 Å². The van der Waals surface area contributed by atoms with Crippen LogP contribution in [0.3, 0.4) is 0 Å². The van der Waals surface area contributed by atoms with Crippen molar-refractivity contribution in [1.82, 2.24) is 29.9 Å². The highest BCUT2D eigenvalue weighted by atomic mass is 16.5. The number of aliphatic hydroxyl groups is 1. The van der Waals surface area contributed by atoms with Gasteiger partial charge >= 0.3 is 0 Å². The largest absolute Gasteiger partial charge is 0.393 e. The first-order chi connectivity index (χ1) is 15.5. The van der Waals surface area contributed by atoms with Crippen LogP contribution in [0.2, 0.25) is 0 Å². The Hall–Kier alpha value is -3.11. The predicted molar refractivity (Wildman–Crippen MR) is 120 cm³/mol. The summed E-state index contributed by atoms with van der Waals surface area (Å²) in [5.41, 5.74) is 3.61. The number of rotatable bonds is 7. The number of carbonyl (C=O) groups excluding carboxylic acids is 1. The lowest BCUT2D eigenvalue weighted by Crippen LogP contribution is -2.23. The fourth-order valence-corrected chi connectivity index (χ4v) is 4.18. The summed E-state index contributed by atoms with van der Waals surface area (Å²) in [6.45, 7) is 2.55. The summed E-state index contributed by atoms with van der Waals surface area (Å²) in [6.07, 6.45) is 8.19. The molecule has 1 saturated carbocycles. The number of carbonyl (C=O) groups is 1. The topological polar surface area (TPSA) is 127 Å². The Bertz CT molecular complexity index is 1080. The number of hydrogen-bond acceptors (Lipinski definition) is 8. The molecule has 0 aliphatic heterocycles.